The second-order valence-corrected chi connectivity index (χ2v) is 5.88. The van der Waals surface area contributed by atoms with Crippen LogP contribution in [0.1, 0.15) is 32.6 Å². The first kappa shape index (κ1) is 17.1. The third-order valence-electron chi connectivity index (χ3n) is 2.79. The molecule has 0 aromatic rings. The summed E-state index contributed by atoms with van der Waals surface area (Å²) in [6.07, 6.45) is 4.14. The minimum absolute atomic E-state index is 0. The maximum atomic E-state index is 11.4. The van der Waals surface area contributed by atoms with E-state index in [9.17, 15) is 8.42 Å². The molecule has 1 unspecified atom stereocenters. The van der Waals surface area contributed by atoms with Crippen LogP contribution in [0.5, 0.6) is 0 Å². The molecule has 7 heteroatoms. The Balaban J connectivity index is 0.00000256. The molecule has 1 rings (SSSR count). The predicted molar refractivity (Wildman–Crippen MR) is 72.7 cm³/mol. The number of nitrogens with one attached hydrogen (secondary N) is 3. The van der Waals surface area contributed by atoms with Crippen LogP contribution < -0.4 is 14.8 Å². The predicted octanol–water partition coefficient (Wildman–Crippen LogP) is 0.632. The van der Waals surface area contributed by atoms with E-state index in [4.69, 9.17) is 0 Å². The molecule has 0 aliphatic carbocycles. The summed E-state index contributed by atoms with van der Waals surface area (Å²) in [5.41, 5.74) is 0. The lowest BCUT2D eigenvalue weighted by Crippen LogP contribution is -2.39. The zero-order valence-electron chi connectivity index (χ0n) is 10.4. The zero-order valence-corrected chi connectivity index (χ0v) is 12.0. The van der Waals surface area contributed by atoms with Gasteiger partial charge in [-0.1, -0.05) is 6.92 Å². The fraction of sp³-hybridized carbons (Fsp3) is 1.00. The standard InChI is InChI=1S/C10H23N3O2S.ClH/c1-2-6-12-16(14,15)13-8-5-10-4-3-7-11-9-10;/h10-13H,2-9H2,1H3;1H. The van der Waals surface area contributed by atoms with Gasteiger partial charge in [0.2, 0.25) is 0 Å². The van der Waals surface area contributed by atoms with E-state index in [0.29, 0.717) is 19.0 Å². The topological polar surface area (TPSA) is 70.2 Å². The minimum atomic E-state index is -3.26. The van der Waals surface area contributed by atoms with Crippen molar-refractivity contribution in [2.24, 2.45) is 5.92 Å². The SMILES string of the molecule is CCCNS(=O)(=O)NCCC1CCCNC1.Cl. The lowest BCUT2D eigenvalue weighted by Gasteiger charge is -2.22. The summed E-state index contributed by atoms with van der Waals surface area (Å²) in [7, 11) is -3.26. The smallest absolute Gasteiger partial charge is 0.276 e. The van der Waals surface area contributed by atoms with Crippen molar-refractivity contribution in [1.82, 2.24) is 14.8 Å². The molecule has 1 atom stereocenters. The van der Waals surface area contributed by atoms with Gasteiger partial charge in [-0.05, 0) is 44.7 Å². The van der Waals surface area contributed by atoms with E-state index in [1.807, 2.05) is 6.92 Å². The molecular formula is C10H24ClN3O2S. The van der Waals surface area contributed by atoms with Crippen molar-refractivity contribution >= 4 is 22.6 Å². The Bertz CT molecular complexity index is 279. The van der Waals surface area contributed by atoms with Crippen LogP contribution in [0.15, 0.2) is 0 Å². The molecule has 1 heterocycles. The molecule has 0 amide bonds. The number of halogens is 1. The Kier molecular flexibility index (Phi) is 9.17. The van der Waals surface area contributed by atoms with Crippen LogP contribution in [-0.4, -0.2) is 34.6 Å². The molecule has 1 aliphatic rings. The Morgan fingerprint density at radius 2 is 2.00 bits per heavy atom. The van der Waals surface area contributed by atoms with Crippen LogP contribution in [0.3, 0.4) is 0 Å². The van der Waals surface area contributed by atoms with Crippen molar-refractivity contribution < 1.29 is 8.42 Å². The third kappa shape index (κ3) is 7.94. The summed E-state index contributed by atoms with van der Waals surface area (Å²) in [6, 6.07) is 0. The Labute approximate surface area is 111 Å². The van der Waals surface area contributed by atoms with Gasteiger partial charge in [0.05, 0.1) is 0 Å². The van der Waals surface area contributed by atoms with Crippen molar-refractivity contribution in [2.45, 2.75) is 32.6 Å². The summed E-state index contributed by atoms with van der Waals surface area (Å²) in [5, 5.41) is 3.32. The molecule has 0 bridgehead atoms. The highest BCUT2D eigenvalue weighted by molar-refractivity contribution is 7.87. The molecule has 0 aromatic carbocycles. The first-order valence-electron chi connectivity index (χ1n) is 6.09. The van der Waals surface area contributed by atoms with Gasteiger partial charge in [-0.25, -0.2) is 9.44 Å². The van der Waals surface area contributed by atoms with E-state index in [0.717, 1.165) is 25.9 Å². The largest absolute Gasteiger partial charge is 0.316 e. The van der Waals surface area contributed by atoms with Crippen molar-refractivity contribution in [3.05, 3.63) is 0 Å². The summed E-state index contributed by atoms with van der Waals surface area (Å²) < 4.78 is 27.9. The molecule has 1 fully saturated rings. The van der Waals surface area contributed by atoms with Crippen LogP contribution in [0.4, 0.5) is 0 Å². The second kappa shape index (κ2) is 9.10. The Hall–Kier alpha value is 0.120. The van der Waals surface area contributed by atoms with E-state index in [1.165, 1.54) is 12.8 Å². The number of hydrogen-bond acceptors (Lipinski definition) is 3. The van der Waals surface area contributed by atoms with Crippen molar-refractivity contribution in [2.75, 3.05) is 26.2 Å². The van der Waals surface area contributed by atoms with E-state index >= 15 is 0 Å². The van der Waals surface area contributed by atoms with Crippen LogP contribution in [0.25, 0.3) is 0 Å². The molecule has 0 aromatic heterocycles. The highest BCUT2D eigenvalue weighted by Crippen LogP contribution is 2.12. The van der Waals surface area contributed by atoms with Crippen LogP contribution in [-0.2, 0) is 10.2 Å². The summed E-state index contributed by atoms with van der Waals surface area (Å²) in [4.78, 5) is 0. The third-order valence-corrected chi connectivity index (χ3v) is 3.95. The lowest BCUT2D eigenvalue weighted by molar-refractivity contribution is 0.358. The van der Waals surface area contributed by atoms with Crippen molar-refractivity contribution in [3.8, 4) is 0 Å². The van der Waals surface area contributed by atoms with Gasteiger partial charge in [-0.2, -0.15) is 8.42 Å². The number of hydrogen-bond donors (Lipinski definition) is 3. The summed E-state index contributed by atoms with van der Waals surface area (Å²) in [6.45, 7) is 5.09. The zero-order chi connectivity index (χ0) is 11.9. The summed E-state index contributed by atoms with van der Waals surface area (Å²) in [5.74, 6) is 0.614. The summed E-state index contributed by atoms with van der Waals surface area (Å²) >= 11 is 0. The molecular weight excluding hydrogens is 262 g/mol. The molecule has 1 aliphatic heterocycles. The number of piperidine rings is 1. The normalized spacial score (nSPS) is 20.9. The van der Waals surface area contributed by atoms with E-state index in [2.05, 4.69) is 14.8 Å². The van der Waals surface area contributed by atoms with Gasteiger partial charge in [-0.15, -0.1) is 12.4 Å². The van der Waals surface area contributed by atoms with Crippen molar-refractivity contribution in [1.29, 1.82) is 0 Å². The molecule has 5 nitrogen and oxygen atoms in total. The fourth-order valence-electron chi connectivity index (χ4n) is 1.86. The van der Waals surface area contributed by atoms with Gasteiger partial charge < -0.3 is 5.32 Å². The van der Waals surface area contributed by atoms with Crippen LogP contribution in [0, 0.1) is 5.92 Å². The minimum Gasteiger partial charge on any atom is -0.316 e. The fourth-order valence-corrected chi connectivity index (χ4v) is 2.82. The second-order valence-electron chi connectivity index (χ2n) is 4.29. The first-order valence-corrected chi connectivity index (χ1v) is 7.57. The molecule has 3 N–H and O–H groups in total. The Morgan fingerprint density at radius 3 is 2.59 bits per heavy atom. The lowest BCUT2D eigenvalue weighted by atomic mass is 9.96. The van der Waals surface area contributed by atoms with Gasteiger partial charge in [0, 0.05) is 13.1 Å². The monoisotopic (exact) mass is 285 g/mol. The van der Waals surface area contributed by atoms with Crippen LogP contribution in [0.2, 0.25) is 0 Å². The van der Waals surface area contributed by atoms with Gasteiger partial charge in [0.1, 0.15) is 0 Å². The molecule has 17 heavy (non-hydrogen) atoms. The Morgan fingerprint density at radius 1 is 1.29 bits per heavy atom. The maximum Gasteiger partial charge on any atom is 0.276 e. The quantitative estimate of drug-likeness (QED) is 0.643. The van der Waals surface area contributed by atoms with Gasteiger partial charge in [0.15, 0.2) is 0 Å². The maximum absolute atomic E-state index is 11.4. The van der Waals surface area contributed by atoms with Crippen LogP contribution >= 0.6 is 12.4 Å². The van der Waals surface area contributed by atoms with E-state index in [-0.39, 0.29) is 12.4 Å². The van der Waals surface area contributed by atoms with Gasteiger partial charge in [-0.3, -0.25) is 0 Å². The average Bonchev–Trinajstić information content (AvgIpc) is 2.28. The van der Waals surface area contributed by atoms with Crippen molar-refractivity contribution in [3.63, 3.8) is 0 Å². The average molecular weight is 286 g/mol. The van der Waals surface area contributed by atoms with Gasteiger partial charge >= 0.3 is 0 Å². The first-order chi connectivity index (χ1) is 7.64. The number of rotatable bonds is 7. The van der Waals surface area contributed by atoms with Gasteiger partial charge in [0.25, 0.3) is 10.2 Å². The highest BCUT2D eigenvalue weighted by atomic mass is 35.5. The highest BCUT2D eigenvalue weighted by Gasteiger charge is 2.14. The van der Waals surface area contributed by atoms with E-state index < -0.39 is 10.2 Å². The molecule has 1 saturated heterocycles. The molecule has 0 saturated carbocycles. The molecule has 104 valence electrons. The van der Waals surface area contributed by atoms with E-state index in [1.54, 1.807) is 0 Å². The molecule has 0 radical (unpaired) electrons. The molecule has 0 spiro atoms.